The summed E-state index contributed by atoms with van der Waals surface area (Å²) < 4.78 is 0. The number of rotatable bonds is 6. The smallest absolute Gasteiger partial charge is 0.236 e. The van der Waals surface area contributed by atoms with Gasteiger partial charge in [0.1, 0.15) is 0 Å². The van der Waals surface area contributed by atoms with E-state index >= 15 is 0 Å². The van der Waals surface area contributed by atoms with Crippen LogP contribution in [0.5, 0.6) is 0 Å². The van der Waals surface area contributed by atoms with E-state index in [1.54, 1.807) is 0 Å². The Hall–Kier alpha value is -0.610. The van der Waals surface area contributed by atoms with Crippen molar-refractivity contribution in [3.8, 4) is 0 Å². The largest absolute Gasteiger partial charge is 0.393 e. The van der Waals surface area contributed by atoms with Crippen molar-refractivity contribution in [2.24, 2.45) is 11.7 Å². The summed E-state index contributed by atoms with van der Waals surface area (Å²) in [4.78, 5) is 11.6. The van der Waals surface area contributed by atoms with E-state index in [0.29, 0.717) is 6.54 Å². The molecule has 1 aliphatic carbocycles. The van der Waals surface area contributed by atoms with Crippen LogP contribution in [0.15, 0.2) is 0 Å². The number of aliphatic hydroxyl groups excluding tert-OH is 1. The summed E-state index contributed by atoms with van der Waals surface area (Å²) in [6, 6.07) is -0.390. The summed E-state index contributed by atoms with van der Waals surface area (Å²) in [7, 11) is 0. The Morgan fingerprint density at radius 2 is 2.31 bits per heavy atom. The van der Waals surface area contributed by atoms with Crippen molar-refractivity contribution in [2.75, 3.05) is 6.54 Å². The third-order valence-electron chi connectivity index (χ3n) is 3.36. The van der Waals surface area contributed by atoms with Gasteiger partial charge in [-0.3, -0.25) is 4.79 Å². The van der Waals surface area contributed by atoms with E-state index < -0.39 is 6.04 Å². The molecule has 0 heterocycles. The van der Waals surface area contributed by atoms with Crippen LogP contribution in [0.3, 0.4) is 0 Å². The van der Waals surface area contributed by atoms with Crippen LogP contribution in [0.25, 0.3) is 0 Å². The second-order valence-corrected chi connectivity index (χ2v) is 4.75. The number of carbonyl (C=O) groups excluding carboxylic acids is 1. The first-order chi connectivity index (χ1) is 7.65. The number of carbonyl (C=O) groups is 1. The Morgan fingerprint density at radius 3 is 2.88 bits per heavy atom. The van der Waals surface area contributed by atoms with Gasteiger partial charge in [0.05, 0.1) is 12.1 Å². The van der Waals surface area contributed by atoms with Gasteiger partial charge in [-0.25, -0.2) is 0 Å². The topological polar surface area (TPSA) is 75.4 Å². The normalized spacial score (nSPS) is 26.7. The van der Waals surface area contributed by atoms with Crippen molar-refractivity contribution in [3.05, 3.63) is 0 Å². The molecule has 0 spiro atoms. The summed E-state index contributed by atoms with van der Waals surface area (Å²) in [5.74, 6) is 0.148. The minimum absolute atomic E-state index is 0.0763. The molecule has 1 rings (SSSR count). The van der Waals surface area contributed by atoms with Crippen LogP contribution in [-0.2, 0) is 4.79 Å². The number of nitrogens with two attached hydrogens (primary N) is 1. The second-order valence-electron chi connectivity index (χ2n) is 4.75. The number of hydrogen-bond donors (Lipinski definition) is 3. The van der Waals surface area contributed by atoms with E-state index in [-0.39, 0.29) is 17.9 Å². The lowest BCUT2D eigenvalue weighted by molar-refractivity contribution is -0.122. The van der Waals surface area contributed by atoms with Crippen LogP contribution in [0.1, 0.15) is 45.4 Å². The third-order valence-corrected chi connectivity index (χ3v) is 3.36. The molecule has 0 saturated heterocycles. The first-order valence-electron chi connectivity index (χ1n) is 6.36. The average molecular weight is 228 g/mol. The van der Waals surface area contributed by atoms with E-state index in [4.69, 9.17) is 5.73 Å². The molecule has 0 aromatic heterocycles. The van der Waals surface area contributed by atoms with Gasteiger partial charge in [-0.2, -0.15) is 0 Å². The summed E-state index contributed by atoms with van der Waals surface area (Å²) in [6.45, 7) is 2.65. The third kappa shape index (κ3) is 4.10. The Morgan fingerprint density at radius 1 is 1.56 bits per heavy atom. The maximum absolute atomic E-state index is 11.6. The fourth-order valence-corrected chi connectivity index (χ4v) is 2.17. The van der Waals surface area contributed by atoms with Crippen LogP contribution < -0.4 is 11.1 Å². The molecule has 4 heteroatoms. The van der Waals surface area contributed by atoms with Crippen LogP contribution in [-0.4, -0.2) is 29.7 Å². The fourth-order valence-electron chi connectivity index (χ4n) is 2.17. The molecule has 94 valence electrons. The highest BCUT2D eigenvalue weighted by molar-refractivity contribution is 5.81. The molecule has 3 atom stereocenters. The molecule has 0 aromatic carbocycles. The van der Waals surface area contributed by atoms with Crippen LogP contribution in [0, 0.1) is 5.92 Å². The van der Waals surface area contributed by atoms with E-state index in [9.17, 15) is 9.90 Å². The molecule has 0 bridgehead atoms. The molecule has 0 aliphatic heterocycles. The summed E-state index contributed by atoms with van der Waals surface area (Å²) in [5.41, 5.74) is 5.75. The van der Waals surface area contributed by atoms with Gasteiger partial charge >= 0.3 is 0 Å². The van der Waals surface area contributed by atoms with Gasteiger partial charge < -0.3 is 16.2 Å². The highest BCUT2D eigenvalue weighted by Crippen LogP contribution is 2.24. The molecule has 1 aliphatic rings. The second kappa shape index (κ2) is 6.86. The number of nitrogens with one attached hydrogen (secondary N) is 1. The van der Waals surface area contributed by atoms with Crippen LogP contribution in [0.2, 0.25) is 0 Å². The van der Waals surface area contributed by atoms with Crippen molar-refractivity contribution in [3.63, 3.8) is 0 Å². The van der Waals surface area contributed by atoms with Gasteiger partial charge in [-0.05, 0) is 19.3 Å². The molecule has 1 saturated carbocycles. The molecule has 16 heavy (non-hydrogen) atoms. The van der Waals surface area contributed by atoms with Crippen molar-refractivity contribution in [2.45, 2.75) is 57.6 Å². The number of hydrogen-bond acceptors (Lipinski definition) is 3. The zero-order valence-electron chi connectivity index (χ0n) is 10.1. The maximum Gasteiger partial charge on any atom is 0.236 e. The quantitative estimate of drug-likeness (QED) is 0.629. The molecular formula is C12H24N2O2. The Bertz CT molecular complexity index is 221. The van der Waals surface area contributed by atoms with Crippen molar-refractivity contribution >= 4 is 5.91 Å². The molecule has 1 amide bonds. The monoisotopic (exact) mass is 228 g/mol. The van der Waals surface area contributed by atoms with Crippen molar-refractivity contribution < 1.29 is 9.90 Å². The Balaban J connectivity index is 2.18. The fraction of sp³-hybridized carbons (Fsp3) is 0.917. The van der Waals surface area contributed by atoms with Crippen LogP contribution in [0.4, 0.5) is 0 Å². The highest BCUT2D eigenvalue weighted by atomic mass is 16.3. The standard InChI is InChI=1S/C12H24N2O2/c1-2-3-6-10(13)12(16)14-8-9-5-4-7-11(9)15/h9-11,15H,2-8,13H2,1H3,(H,14,16)/t9?,10-,11?/m0/s1. The summed E-state index contributed by atoms with van der Waals surface area (Å²) in [5, 5.41) is 12.4. The van der Waals surface area contributed by atoms with Crippen LogP contribution >= 0.6 is 0 Å². The number of aliphatic hydroxyl groups is 1. The van der Waals surface area contributed by atoms with Gasteiger partial charge in [0, 0.05) is 12.5 Å². The maximum atomic E-state index is 11.6. The van der Waals surface area contributed by atoms with Gasteiger partial charge in [0.15, 0.2) is 0 Å². The summed E-state index contributed by atoms with van der Waals surface area (Å²) >= 11 is 0. The molecule has 4 nitrogen and oxygen atoms in total. The molecule has 4 N–H and O–H groups in total. The van der Waals surface area contributed by atoms with Gasteiger partial charge in [0.2, 0.25) is 5.91 Å². The average Bonchev–Trinajstić information content (AvgIpc) is 2.68. The SMILES string of the molecule is CCCC[C@H](N)C(=O)NCC1CCCC1O. The minimum atomic E-state index is -0.390. The van der Waals surface area contributed by atoms with Gasteiger partial charge in [0.25, 0.3) is 0 Å². The Labute approximate surface area is 97.6 Å². The van der Waals surface area contributed by atoms with Gasteiger partial charge in [-0.15, -0.1) is 0 Å². The lowest BCUT2D eigenvalue weighted by Crippen LogP contribution is -2.43. The molecule has 0 radical (unpaired) electrons. The van der Waals surface area contributed by atoms with E-state index in [2.05, 4.69) is 12.2 Å². The van der Waals surface area contributed by atoms with E-state index in [0.717, 1.165) is 38.5 Å². The zero-order chi connectivity index (χ0) is 12.0. The zero-order valence-corrected chi connectivity index (χ0v) is 10.1. The molecular weight excluding hydrogens is 204 g/mol. The first-order valence-corrected chi connectivity index (χ1v) is 6.36. The lowest BCUT2D eigenvalue weighted by atomic mass is 10.1. The predicted octanol–water partition coefficient (Wildman–Crippen LogP) is 0.781. The van der Waals surface area contributed by atoms with E-state index in [1.807, 2.05) is 0 Å². The molecule has 0 aromatic rings. The van der Waals surface area contributed by atoms with E-state index in [1.165, 1.54) is 0 Å². The predicted molar refractivity (Wildman–Crippen MR) is 63.9 cm³/mol. The van der Waals surface area contributed by atoms with Crippen molar-refractivity contribution in [1.29, 1.82) is 0 Å². The molecule has 1 fully saturated rings. The molecule has 2 unspecified atom stereocenters. The number of unbranched alkanes of at least 4 members (excludes halogenated alkanes) is 1. The lowest BCUT2D eigenvalue weighted by Gasteiger charge is -2.17. The highest BCUT2D eigenvalue weighted by Gasteiger charge is 2.25. The van der Waals surface area contributed by atoms with Crippen molar-refractivity contribution in [1.82, 2.24) is 5.32 Å². The Kier molecular flexibility index (Phi) is 5.77. The summed E-state index contributed by atoms with van der Waals surface area (Å²) in [6.07, 6.45) is 5.48. The minimum Gasteiger partial charge on any atom is -0.393 e. The number of amides is 1. The first kappa shape index (κ1) is 13.5. The van der Waals surface area contributed by atoms with Gasteiger partial charge in [-0.1, -0.05) is 26.2 Å².